The summed E-state index contributed by atoms with van der Waals surface area (Å²) in [6.07, 6.45) is 48.2. The van der Waals surface area contributed by atoms with Crippen LogP contribution in [0.5, 0.6) is 0 Å². The molecule has 0 aromatic rings. The van der Waals surface area contributed by atoms with Crippen molar-refractivity contribution >= 4 is 0 Å². The molecule has 223 valence electrons. The van der Waals surface area contributed by atoms with E-state index in [2.05, 4.69) is 20.8 Å². The summed E-state index contributed by atoms with van der Waals surface area (Å²) < 4.78 is 0. The standard InChI is InChI=1S/C37H75/c1-4-6-7-8-9-10-11-12-13-14-15-16-17-18-19-20-21-22-23-24-25-26-27-28-29-30-31-32-33-34-35-36-37(3)5-2/h37H,1,4-36H2,2-3H3. The molecule has 0 spiro atoms. The van der Waals surface area contributed by atoms with E-state index in [-0.39, 0.29) is 0 Å². The molecule has 0 aliphatic heterocycles. The number of hydrogen-bond acceptors (Lipinski definition) is 0. The Morgan fingerprint density at radius 2 is 0.514 bits per heavy atom. The van der Waals surface area contributed by atoms with Crippen molar-refractivity contribution in [1.82, 2.24) is 0 Å². The van der Waals surface area contributed by atoms with Crippen LogP contribution in [0.2, 0.25) is 0 Å². The zero-order valence-electron chi connectivity index (χ0n) is 26.6. The van der Waals surface area contributed by atoms with Crippen LogP contribution in [0.3, 0.4) is 0 Å². The molecule has 0 saturated carbocycles. The number of hydrogen-bond donors (Lipinski definition) is 0. The molecule has 0 aliphatic rings. The highest BCUT2D eigenvalue weighted by molar-refractivity contribution is 4.54. The predicted molar refractivity (Wildman–Crippen MR) is 173 cm³/mol. The van der Waals surface area contributed by atoms with Crippen molar-refractivity contribution in [2.24, 2.45) is 5.92 Å². The topological polar surface area (TPSA) is 0 Å². The molecule has 0 rings (SSSR count). The van der Waals surface area contributed by atoms with Gasteiger partial charge >= 0.3 is 0 Å². The predicted octanol–water partition coefficient (Wildman–Crippen LogP) is 14.3. The first-order chi connectivity index (χ1) is 18.3. The first kappa shape index (κ1) is 37.0. The van der Waals surface area contributed by atoms with E-state index in [4.69, 9.17) is 0 Å². The van der Waals surface area contributed by atoms with Crippen LogP contribution < -0.4 is 0 Å². The summed E-state index contributed by atoms with van der Waals surface area (Å²) in [6, 6.07) is 0. The van der Waals surface area contributed by atoms with Crippen molar-refractivity contribution in [3.05, 3.63) is 6.92 Å². The van der Waals surface area contributed by atoms with Crippen LogP contribution in [-0.2, 0) is 0 Å². The molecular formula is C37H75. The summed E-state index contributed by atoms with van der Waals surface area (Å²) in [4.78, 5) is 0. The van der Waals surface area contributed by atoms with Crippen LogP contribution in [0, 0.1) is 12.8 Å². The first-order valence-corrected chi connectivity index (χ1v) is 18.1. The molecule has 1 radical (unpaired) electrons. The Hall–Kier alpha value is 0. The zero-order valence-corrected chi connectivity index (χ0v) is 26.6. The van der Waals surface area contributed by atoms with E-state index in [0.29, 0.717) is 0 Å². The minimum absolute atomic E-state index is 0.947. The van der Waals surface area contributed by atoms with E-state index in [0.717, 1.165) is 12.3 Å². The fraction of sp³-hybridized carbons (Fsp3) is 0.973. The third-order valence-corrected chi connectivity index (χ3v) is 8.89. The van der Waals surface area contributed by atoms with Gasteiger partial charge in [0.1, 0.15) is 0 Å². The van der Waals surface area contributed by atoms with Gasteiger partial charge in [-0.2, -0.15) is 0 Å². The summed E-state index contributed by atoms with van der Waals surface area (Å²) in [5.74, 6) is 0.947. The lowest BCUT2D eigenvalue weighted by molar-refractivity contribution is 0.468. The molecule has 0 bridgehead atoms. The fourth-order valence-electron chi connectivity index (χ4n) is 5.82. The van der Waals surface area contributed by atoms with Gasteiger partial charge in [0.15, 0.2) is 0 Å². The number of rotatable bonds is 33. The number of unbranched alkanes of at least 4 members (excludes halogenated alkanes) is 30. The van der Waals surface area contributed by atoms with Crippen molar-refractivity contribution in [2.45, 2.75) is 226 Å². The van der Waals surface area contributed by atoms with E-state index in [1.165, 1.54) is 205 Å². The Morgan fingerprint density at radius 1 is 0.324 bits per heavy atom. The van der Waals surface area contributed by atoms with E-state index in [1.807, 2.05) is 0 Å². The van der Waals surface area contributed by atoms with Crippen LogP contribution in [0.4, 0.5) is 0 Å². The largest absolute Gasteiger partial charge is 0.0651 e. The van der Waals surface area contributed by atoms with Gasteiger partial charge in [-0.05, 0) is 5.92 Å². The summed E-state index contributed by atoms with van der Waals surface area (Å²) >= 11 is 0. The summed E-state index contributed by atoms with van der Waals surface area (Å²) in [5.41, 5.74) is 0. The van der Waals surface area contributed by atoms with E-state index in [9.17, 15) is 0 Å². The Labute approximate surface area is 238 Å². The molecule has 1 unspecified atom stereocenters. The maximum atomic E-state index is 3.93. The molecule has 0 nitrogen and oxygen atoms in total. The summed E-state index contributed by atoms with van der Waals surface area (Å²) in [6.45, 7) is 8.66. The van der Waals surface area contributed by atoms with E-state index >= 15 is 0 Å². The maximum Gasteiger partial charge on any atom is -0.0445 e. The average molecular weight is 520 g/mol. The molecule has 0 saturated heterocycles. The summed E-state index contributed by atoms with van der Waals surface area (Å²) in [7, 11) is 0. The third-order valence-electron chi connectivity index (χ3n) is 8.89. The molecule has 0 aromatic heterocycles. The highest BCUT2D eigenvalue weighted by Gasteiger charge is 1.99. The lowest BCUT2D eigenvalue weighted by Crippen LogP contribution is -1.91. The molecule has 0 aromatic carbocycles. The van der Waals surface area contributed by atoms with Gasteiger partial charge in [0.25, 0.3) is 0 Å². The molecule has 1 atom stereocenters. The highest BCUT2D eigenvalue weighted by Crippen LogP contribution is 2.17. The van der Waals surface area contributed by atoms with Crippen LogP contribution in [0.1, 0.15) is 226 Å². The second-order valence-corrected chi connectivity index (χ2v) is 12.8. The molecular weight excluding hydrogens is 444 g/mol. The van der Waals surface area contributed by atoms with Gasteiger partial charge in [-0.25, -0.2) is 0 Å². The highest BCUT2D eigenvalue weighted by atomic mass is 14.1. The first-order valence-electron chi connectivity index (χ1n) is 18.1. The van der Waals surface area contributed by atoms with Gasteiger partial charge in [-0.1, -0.05) is 233 Å². The molecule has 37 heavy (non-hydrogen) atoms. The fourth-order valence-corrected chi connectivity index (χ4v) is 5.82. The van der Waals surface area contributed by atoms with Crippen molar-refractivity contribution in [3.63, 3.8) is 0 Å². The molecule has 0 N–H and O–H groups in total. The minimum atomic E-state index is 0.947. The van der Waals surface area contributed by atoms with Crippen molar-refractivity contribution in [1.29, 1.82) is 0 Å². The molecule has 0 fully saturated rings. The van der Waals surface area contributed by atoms with Gasteiger partial charge in [0, 0.05) is 0 Å². The van der Waals surface area contributed by atoms with Gasteiger partial charge < -0.3 is 0 Å². The quantitative estimate of drug-likeness (QED) is 0.0756. The van der Waals surface area contributed by atoms with Gasteiger partial charge in [0.05, 0.1) is 0 Å². The second kappa shape index (κ2) is 34.0. The molecule has 0 amide bonds. The smallest absolute Gasteiger partial charge is 0.0445 e. The Bertz CT molecular complexity index is 372. The second-order valence-electron chi connectivity index (χ2n) is 12.8. The van der Waals surface area contributed by atoms with Crippen molar-refractivity contribution in [2.75, 3.05) is 0 Å². The Morgan fingerprint density at radius 3 is 0.703 bits per heavy atom. The Kier molecular flexibility index (Phi) is 34.0. The molecule has 0 heteroatoms. The van der Waals surface area contributed by atoms with Crippen LogP contribution in [0.15, 0.2) is 0 Å². The van der Waals surface area contributed by atoms with Gasteiger partial charge in [-0.15, -0.1) is 0 Å². The molecule has 0 heterocycles. The molecule has 0 aliphatic carbocycles. The SMILES string of the molecule is [CH2]CCCCCCCCCCCCCCCCCCCCCCCCCCCCCCCCC(C)CC. The van der Waals surface area contributed by atoms with Crippen molar-refractivity contribution < 1.29 is 0 Å². The van der Waals surface area contributed by atoms with Crippen LogP contribution >= 0.6 is 0 Å². The van der Waals surface area contributed by atoms with E-state index in [1.54, 1.807) is 0 Å². The zero-order chi connectivity index (χ0) is 26.9. The average Bonchev–Trinajstić information content (AvgIpc) is 2.91. The maximum absolute atomic E-state index is 3.93. The lowest BCUT2D eigenvalue weighted by atomic mass is 9.99. The van der Waals surface area contributed by atoms with Gasteiger partial charge in [-0.3, -0.25) is 0 Å². The van der Waals surface area contributed by atoms with Crippen molar-refractivity contribution in [3.8, 4) is 0 Å². The third kappa shape index (κ3) is 34.0. The van der Waals surface area contributed by atoms with E-state index < -0.39 is 0 Å². The van der Waals surface area contributed by atoms with Gasteiger partial charge in [0.2, 0.25) is 0 Å². The minimum Gasteiger partial charge on any atom is -0.0651 e. The Balaban J connectivity index is 3.02. The van der Waals surface area contributed by atoms with Crippen LogP contribution in [0.25, 0.3) is 0 Å². The van der Waals surface area contributed by atoms with Crippen LogP contribution in [-0.4, -0.2) is 0 Å². The lowest BCUT2D eigenvalue weighted by Gasteiger charge is -2.07. The summed E-state index contributed by atoms with van der Waals surface area (Å²) in [5, 5.41) is 0. The monoisotopic (exact) mass is 520 g/mol. The normalized spacial score (nSPS) is 12.4.